The lowest BCUT2D eigenvalue weighted by molar-refractivity contribution is -0.402. The predicted molar refractivity (Wildman–Crippen MR) is 50.2 cm³/mol. The molecule has 2 N–H and O–H groups in total. The maximum absolute atomic E-state index is 10.3. The van der Waals surface area contributed by atoms with Gasteiger partial charge < -0.3 is 14.5 Å². The molecule has 1 unspecified atom stereocenters. The van der Waals surface area contributed by atoms with Crippen LogP contribution in [0.5, 0.6) is 0 Å². The number of hydrogen-bond acceptors (Lipinski definition) is 4. The smallest absolute Gasteiger partial charge is 0.403 e. The van der Waals surface area contributed by atoms with Crippen molar-refractivity contribution in [3.8, 4) is 0 Å². The van der Waals surface area contributed by atoms with Gasteiger partial charge in [0, 0.05) is 18.0 Å². The van der Waals surface area contributed by atoms with E-state index in [1.54, 1.807) is 18.5 Å². The Labute approximate surface area is 84.3 Å². The van der Waals surface area contributed by atoms with E-state index in [-0.39, 0.29) is 11.6 Å². The number of furan rings is 1. The molecule has 0 aliphatic rings. The van der Waals surface area contributed by atoms with Crippen LogP contribution in [0.25, 0.3) is 0 Å². The number of nitrogens with one attached hydrogen (secondary N) is 1. The van der Waals surface area contributed by atoms with E-state index in [2.05, 4.69) is 4.98 Å². The second-order valence-corrected chi connectivity index (χ2v) is 2.98. The topological polar surface area (TPSA) is 92.3 Å². The zero-order valence-electron chi connectivity index (χ0n) is 7.58. The summed E-state index contributed by atoms with van der Waals surface area (Å²) in [5.74, 6) is -0.221. The van der Waals surface area contributed by atoms with Crippen molar-refractivity contribution in [1.29, 1.82) is 0 Å². The minimum atomic E-state index is -0.982. The Morgan fingerprint density at radius 2 is 2.27 bits per heavy atom. The molecule has 78 valence electrons. The molecule has 0 saturated carbocycles. The fourth-order valence-electron chi connectivity index (χ4n) is 1.26. The monoisotopic (exact) mass is 208 g/mol. The maximum Gasteiger partial charge on any atom is 0.433 e. The van der Waals surface area contributed by atoms with Crippen LogP contribution in [0.1, 0.15) is 17.4 Å². The van der Waals surface area contributed by atoms with Gasteiger partial charge in [-0.3, -0.25) is 10.1 Å². The first-order valence-corrected chi connectivity index (χ1v) is 4.23. The van der Waals surface area contributed by atoms with Crippen LogP contribution in [0.4, 0.5) is 5.88 Å². The minimum Gasteiger partial charge on any atom is -0.403 e. The molecular weight excluding hydrogens is 200 g/mol. The van der Waals surface area contributed by atoms with Gasteiger partial charge in [0.05, 0.1) is 6.07 Å². The normalized spacial score (nSPS) is 12.6. The predicted octanol–water partition coefficient (Wildman–Crippen LogP) is 1.60. The molecule has 0 amide bonds. The molecule has 0 aromatic carbocycles. The molecule has 0 aliphatic heterocycles. The van der Waals surface area contributed by atoms with Gasteiger partial charge in [0.1, 0.15) is 16.8 Å². The number of rotatable bonds is 3. The Morgan fingerprint density at radius 1 is 1.47 bits per heavy atom. The molecule has 2 aromatic heterocycles. The van der Waals surface area contributed by atoms with Gasteiger partial charge in [0.25, 0.3) is 0 Å². The number of aliphatic hydroxyl groups is 1. The summed E-state index contributed by atoms with van der Waals surface area (Å²) < 4.78 is 4.87. The number of hydrogen-bond donors (Lipinski definition) is 2. The average Bonchev–Trinajstić information content (AvgIpc) is 2.88. The van der Waals surface area contributed by atoms with E-state index in [1.807, 2.05) is 0 Å². The Balaban J connectivity index is 2.26. The van der Waals surface area contributed by atoms with Gasteiger partial charge in [0.2, 0.25) is 0 Å². The molecule has 6 heteroatoms. The van der Waals surface area contributed by atoms with Crippen molar-refractivity contribution >= 4 is 5.88 Å². The third-order valence-electron chi connectivity index (χ3n) is 2.00. The molecule has 0 spiro atoms. The first-order valence-electron chi connectivity index (χ1n) is 4.23. The first-order chi connectivity index (χ1) is 7.18. The van der Waals surface area contributed by atoms with Gasteiger partial charge in [-0.15, -0.1) is 0 Å². The fourth-order valence-corrected chi connectivity index (χ4v) is 1.26. The van der Waals surface area contributed by atoms with Crippen LogP contribution in [0.15, 0.2) is 35.0 Å². The number of nitrogens with zero attached hydrogens (tertiary/aromatic N) is 1. The van der Waals surface area contributed by atoms with Crippen molar-refractivity contribution < 1.29 is 14.4 Å². The highest BCUT2D eigenvalue weighted by molar-refractivity contribution is 5.26. The van der Waals surface area contributed by atoms with Crippen LogP contribution in [0, 0.1) is 10.1 Å². The third-order valence-corrected chi connectivity index (χ3v) is 2.00. The van der Waals surface area contributed by atoms with Crippen molar-refractivity contribution in [1.82, 2.24) is 4.98 Å². The van der Waals surface area contributed by atoms with Crippen LogP contribution >= 0.6 is 0 Å². The number of aliphatic hydroxyl groups excluding tert-OH is 1. The van der Waals surface area contributed by atoms with Gasteiger partial charge in [-0.2, -0.15) is 0 Å². The molecule has 15 heavy (non-hydrogen) atoms. The second kappa shape index (κ2) is 3.58. The summed E-state index contributed by atoms with van der Waals surface area (Å²) in [6.07, 6.45) is 2.26. The molecule has 0 bridgehead atoms. The van der Waals surface area contributed by atoms with E-state index in [1.165, 1.54) is 12.1 Å². The van der Waals surface area contributed by atoms with Crippen molar-refractivity contribution in [3.63, 3.8) is 0 Å². The standard InChI is InChI=1S/C9H8N2O4/c12-9(6-3-4-10-5-6)7-1-2-8(15-7)11(13)14/h1-5,9-10,12H. The van der Waals surface area contributed by atoms with Gasteiger partial charge >= 0.3 is 5.88 Å². The van der Waals surface area contributed by atoms with E-state index < -0.39 is 11.0 Å². The number of aromatic nitrogens is 1. The lowest BCUT2D eigenvalue weighted by atomic mass is 10.1. The van der Waals surface area contributed by atoms with Gasteiger partial charge in [-0.25, -0.2) is 0 Å². The zero-order chi connectivity index (χ0) is 10.8. The summed E-state index contributed by atoms with van der Waals surface area (Å²) in [7, 11) is 0. The molecule has 2 aromatic rings. The molecule has 0 saturated heterocycles. The van der Waals surface area contributed by atoms with Crippen molar-refractivity contribution in [3.05, 3.63) is 52.0 Å². The zero-order valence-corrected chi connectivity index (χ0v) is 7.58. The van der Waals surface area contributed by atoms with Crippen molar-refractivity contribution in [2.45, 2.75) is 6.10 Å². The maximum atomic E-state index is 10.3. The number of H-pyrrole nitrogens is 1. The molecule has 1 atom stereocenters. The van der Waals surface area contributed by atoms with E-state index in [9.17, 15) is 15.2 Å². The molecule has 2 rings (SSSR count). The first kappa shape index (κ1) is 9.47. The van der Waals surface area contributed by atoms with E-state index >= 15 is 0 Å². The SMILES string of the molecule is O=[N+]([O-])c1ccc(C(O)c2cc[nH]c2)o1. The van der Waals surface area contributed by atoms with Gasteiger partial charge in [-0.05, 0) is 12.1 Å². The van der Waals surface area contributed by atoms with E-state index in [0.29, 0.717) is 5.56 Å². The van der Waals surface area contributed by atoms with Crippen LogP contribution in [-0.4, -0.2) is 15.0 Å². The quantitative estimate of drug-likeness (QED) is 0.591. The lowest BCUT2D eigenvalue weighted by Gasteiger charge is -2.03. The minimum absolute atomic E-state index is 0.154. The third kappa shape index (κ3) is 1.75. The van der Waals surface area contributed by atoms with Gasteiger partial charge in [0.15, 0.2) is 0 Å². The Bertz CT molecular complexity index is 460. The van der Waals surface area contributed by atoms with Crippen LogP contribution in [-0.2, 0) is 0 Å². The average molecular weight is 208 g/mol. The highest BCUT2D eigenvalue weighted by Gasteiger charge is 2.19. The molecule has 0 radical (unpaired) electrons. The summed E-state index contributed by atoms with van der Waals surface area (Å²) in [6, 6.07) is 4.26. The number of aromatic amines is 1. The van der Waals surface area contributed by atoms with Crippen molar-refractivity contribution in [2.24, 2.45) is 0 Å². The number of nitro groups is 1. The Morgan fingerprint density at radius 3 is 2.80 bits per heavy atom. The van der Waals surface area contributed by atoms with Crippen LogP contribution in [0.3, 0.4) is 0 Å². The summed E-state index contributed by atoms with van der Waals surface area (Å²) in [5.41, 5.74) is 0.597. The highest BCUT2D eigenvalue weighted by Crippen LogP contribution is 2.26. The second-order valence-electron chi connectivity index (χ2n) is 2.98. The largest absolute Gasteiger partial charge is 0.433 e. The van der Waals surface area contributed by atoms with E-state index in [0.717, 1.165) is 0 Å². The summed E-state index contributed by atoms with van der Waals surface area (Å²) in [4.78, 5) is 12.5. The highest BCUT2D eigenvalue weighted by atomic mass is 16.6. The van der Waals surface area contributed by atoms with Gasteiger partial charge in [-0.1, -0.05) is 0 Å². The Hall–Kier alpha value is -2.08. The van der Waals surface area contributed by atoms with Crippen LogP contribution < -0.4 is 0 Å². The summed E-state index contributed by atoms with van der Waals surface area (Å²) in [6.45, 7) is 0. The molecule has 0 fully saturated rings. The lowest BCUT2D eigenvalue weighted by Crippen LogP contribution is -1.95. The fraction of sp³-hybridized carbons (Fsp3) is 0.111. The Kier molecular flexibility index (Phi) is 2.26. The van der Waals surface area contributed by atoms with Crippen LogP contribution in [0.2, 0.25) is 0 Å². The molecule has 2 heterocycles. The molecular formula is C9H8N2O4. The molecule has 0 aliphatic carbocycles. The summed E-state index contributed by atoms with van der Waals surface area (Å²) >= 11 is 0. The van der Waals surface area contributed by atoms with Crippen molar-refractivity contribution in [2.75, 3.05) is 0 Å². The van der Waals surface area contributed by atoms with E-state index in [4.69, 9.17) is 4.42 Å². The summed E-state index contributed by atoms with van der Waals surface area (Å²) in [5, 5.41) is 20.1. The molecule has 6 nitrogen and oxygen atoms in total.